The Morgan fingerprint density at radius 2 is 2.08 bits per heavy atom. The van der Waals surface area contributed by atoms with Crippen LogP contribution in [0.5, 0.6) is 0 Å². The second kappa shape index (κ2) is 7.75. The van der Waals surface area contributed by atoms with Crippen LogP contribution in [0.3, 0.4) is 0 Å². The molecule has 6 heteroatoms. The van der Waals surface area contributed by atoms with Crippen LogP contribution in [0.2, 0.25) is 0 Å². The molecule has 0 aliphatic carbocycles. The van der Waals surface area contributed by atoms with E-state index in [-0.39, 0.29) is 23.8 Å². The van der Waals surface area contributed by atoms with E-state index < -0.39 is 0 Å². The summed E-state index contributed by atoms with van der Waals surface area (Å²) in [5, 5.41) is 2.77. The van der Waals surface area contributed by atoms with Crippen molar-refractivity contribution in [3.63, 3.8) is 0 Å². The molecule has 0 saturated carbocycles. The molecule has 2 saturated heterocycles. The topological polar surface area (TPSA) is 71.5 Å². The van der Waals surface area contributed by atoms with Crippen molar-refractivity contribution in [3.8, 4) is 0 Å². The highest BCUT2D eigenvalue weighted by atomic mass is 16.5. The molecule has 6 nitrogen and oxygen atoms in total. The largest absolute Gasteiger partial charge is 0.381 e. The minimum atomic E-state index is -0.0700. The Morgan fingerprint density at radius 1 is 1.29 bits per heavy atom. The average molecular weight is 331 g/mol. The predicted octanol–water partition coefficient (Wildman–Crippen LogP) is 1.81. The van der Waals surface area contributed by atoms with Gasteiger partial charge in [-0.2, -0.15) is 0 Å². The molecular weight excluding hydrogens is 306 g/mol. The number of amides is 2. The molecule has 0 aromatic carbocycles. The van der Waals surface area contributed by atoms with Crippen LogP contribution in [0.4, 0.5) is 0 Å². The number of nitrogens with one attached hydrogen (secondary N) is 1. The standard InChI is InChI=1S/C18H25N3O3/c1-13(22)19-12-15-4-2-5-16(20-15)17-6-3-9-21(17)18(23)14-7-10-24-11-8-14/h2,4-5,14,17H,3,6-12H2,1H3,(H,19,22)/t17-/m0/s1. The van der Waals surface area contributed by atoms with Crippen LogP contribution in [-0.2, 0) is 20.9 Å². The number of carbonyl (C=O) groups is 2. The van der Waals surface area contributed by atoms with Crippen molar-refractivity contribution in [3.05, 3.63) is 29.6 Å². The maximum atomic E-state index is 12.9. The van der Waals surface area contributed by atoms with Gasteiger partial charge in [0.25, 0.3) is 0 Å². The maximum Gasteiger partial charge on any atom is 0.226 e. The van der Waals surface area contributed by atoms with Crippen LogP contribution in [0.1, 0.15) is 50.0 Å². The molecule has 1 aromatic rings. The monoisotopic (exact) mass is 331 g/mol. The summed E-state index contributed by atoms with van der Waals surface area (Å²) in [4.78, 5) is 30.6. The Balaban J connectivity index is 1.71. The second-order valence-electron chi connectivity index (χ2n) is 6.54. The molecule has 24 heavy (non-hydrogen) atoms. The molecule has 2 aliphatic heterocycles. The van der Waals surface area contributed by atoms with Crippen molar-refractivity contribution < 1.29 is 14.3 Å². The smallest absolute Gasteiger partial charge is 0.226 e. The van der Waals surface area contributed by atoms with Gasteiger partial charge in [0.05, 0.1) is 24.0 Å². The lowest BCUT2D eigenvalue weighted by Gasteiger charge is -2.30. The number of aromatic nitrogens is 1. The summed E-state index contributed by atoms with van der Waals surface area (Å²) in [5.74, 6) is 0.260. The van der Waals surface area contributed by atoms with E-state index in [1.54, 1.807) is 0 Å². The molecule has 0 unspecified atom stereocenters. The summed E-state index contributed by atoms with van der Waals surface area (Å²) in [7, 11) is 0. The van der Waals surface area contributed by atoms with Gasteiger partial charge in [-0.05, 0) is 37.8 Å². The number of carbonyl (C=O) groups excluding carboxylic acids is 2. The number of rotatable bonds is 4. The third-order valence-corrected chi connectivity index (χ3v) is 4.79. The van der Waals surface area contributed by atoms with Crippen molar-refractivity contribution in [2.24, 2.45) is 5.92 Å². The van der Waals surface area contributed by atoms with Crippen molar-refractivity contribution in [2.45, 2.75) is 45.2 Å². The Hall–Kier alpha value is -1.95. The van der Waals surface area contributed by atoms with E-state index in [4.69, 9.17) is 4.74 Å². The fourth-order valence-electron chi connectivity index (χ4n) is 3.51. The van der Waals surface area contributed by atoms with Gasteiger partial charge in [-0.3, -0.25) is 14.6 Å². The van der Waals surface area contributed by atoms with E-state index in [9.17, 15) is 9.59 Å². The van der Waals surface area contributed by atoms with Gasteiger partial charge in [-0.15, -0.1) is 0 Å². The van der Waals surface area contributed by atoms with Gasteiger partial charge < -0.3 is 15.0 Å². The first-order valence-corrected chi connectivity index (χ1v) is 8.73. The first-order chi connectivity index (χ1) is 11.6. The number of pyridine rings is 1. The van der Waals surface area contributed by atoms with Crippen LogP contribution in [0.15, 0.2) is 18.2 Å². The highest BCUT2D eigenvalue weighted by molar-refractivity contribution is 5.79. The van der Waals surface area contributed by atoms with Gasteiger partial charge in [0.1, 0.15) is 0 Å². The zero-order valence-corrected chi connectivity index (χ0v) is 14.2. The second-order valence-corrected chi connectivity index (χ2v) is 6.54. The van der Waals surface area contributed by atoms with E-state index in [1.807, 2.05) is 23.1 Å². The molecule has 2 fully saturated rings. The zero-order chi connectivity index (χ0) is 16.9. The average Bonchev–Trinajstić information content (AvgIpc) is 3.10. The van der Waals surface area contributed by atoms with Gasteiger partial charge in [0, 0.05) is 32.6 Å². The Labute approximate surface area is 142 Å². The Morgan fingerprint density at radius 3 is 2.83 bits per heavy atom. The van der Waals surface area contributed by atoms with Crippen molar-refractivity contribution in [2.75, 3.05) is 19.8 Å². The summed E-state index contributed by atoms with van der Waals surface area (Å²) in [6, 6.07) is 5.89. The normalized spacial score (nSPS) is 21.7. The number of likely N-dealkylation sites (tertiary alicyclic amines) is 1. The third kappa shape index (κ3) is 3.93. The summed E-state index contributed by atoms with van der Waals surface area (Å²) in [6.45, 7) is 4.08. The lowest BCUT2D eigenvalue weighted by atomic mass is 9.98. The molecular formula is C18H25N3O3. The molecule has 3 heterocycles. The number of nitrogens with zero attached hydrogens (tertiary/aromatic N) is 2. The summed E-state index contributed by atoms with van der Waals surface area (Å²) < 4.78 is 5.37. The van der Waals surface area contributed by atoms with Crippen LogP contribution >= 0.6 is 0 Å². The van der Waals surface area contributed by atoms with Gasteiger partial charge in [0.2, 0.25) is 11.8 Å². The predicted molar refractivity (Wildman–Crippen MR) is 89.0 cm³/mol. The molecule has 0 bridgehead atoms. The Kier molecular flexibility index (Phi) is 5.45. The fourth-order valence-corrected chi connectivity index (χ4v) is 3.51. The van der Waals surface area contributed by atoms with Gasteiger partial charge in [-0.1, -0.05) is 6.07 Å². The first kappa shape index (κ1) is 16.9. The molecule has 2 amide bonds. The lowest BCUT2D eigenvalue weighted by Crippen LogP contribution is -2.38. The molecule has 1 aromatic heterocycles. The highest BCUT2D eigenvalue weighted by Gasteiger charge is 2.35. The molecule has 3 rings (SSSR count). The molecule has 1 N–H and O–H groups in total. The summed E-state index contributed by atoms with van der Waals surface area (Å²) >= 11 is 0. The minimum absolute atomic E-state index is 0.0534. The van der Waals surface area contributed by atoms with Crippen molar-refractivity contribution in [1.29, 1.82) is 0 Å². The van der Waals surface area contributed by atoms with Crippen LogP contribution < -0.4 is 5.32 Å². The third-order valence-electron chi connectivity index (χ3n) is 4.79. The minimum Gasteiger partial charge on any atom is -0.381 e. The van der Waals surface area contributed by atoms with E-state index in [2.05, 4.69) is 10.3 Å². The van der Waals surface area contributed by atoms with Gasteiger partial charge in [0.15, 0.2) is 0 Å². The molecule has 1 atom stereocenters. The SMILES string of the molecule is CC(=O)NCc1cccc([C@@H]2CCCN2C(=O)C2CCOCC2)n1. The summed E-state index contributed by atoms with van der Waals surface area (Å²) in [6.07, 6.45) is 3.60. The number of hydrogen-bond donors (Lipinski definition) is 1. The fraction of sp³-hybridized carbons (Fsp3) is 0.611. The van der Waals surface area contributed by atoms with E-state index >= 15 is 0 Å². The van der Waals surface area contributed by atoms with Crippen molar-refractivity contribution in [1.82, 2.24) is 15.2 Å². The molecule has 0 radical (unpaired) electrons. The van der Waals surface area contributed by atoms with Crippen molar-refractivity contribution >= 4 is 11.8 Å². The van der Waals surface area contributed by atoms with Gasteiger partial charge >= 0.3 is 0 Å². The molecule has 0 spiro atoms. The zero-order valence-electron chi connectivity index (χ0n) is 14.2. The van der Waals surface area contributed by atoms with Crippen LogP contribution in [0, 0.1) is 5.92 Å². The van der Waals surface area contributed by atoms with E-state index in [0.29, 0.717) is 19.8 Å². The first-order valence-electron chi connectivity index (χ1n) is 8.73. The Bertz CT molecular complexity index is 599. The van der Waals surface area contributed by atoms with E-state index in [1.165, 1.54) is 6.92 Å². The molecule has 2 aliphatic rings. The maximum absolute atomic E-state index is 12.9. The number of ether oxygens (including phenoxy) is 1. The van der Waals surface area contributed by atoms with Crippen LogP contribution in [0.25, 0.3) is 0 Å². The number of hydrogen-bond acceptors (Lipinski definition) is 4. The summed E-state index contributed by atoms with van der Waals surface area (Å²) in [5.41, 5.74) is 1.75. The van der Waals surface area contributed by atoms with Gasteiger partial charge in [-0.25, -0.2) is 0 Å². The van der Waals surface area contributed by atoms with E-state index in [0.717, 1.165) is 43.6 Å². The quantitative estimate of drug-likeness (QED) is 0.913. The lowest BCUT2D eigenvalue weighted by molar-refractivity contribution is -0.139. The molecule has 130 valence electrons. The van der Waals surface area contributed by atoms with Crippen LogP contribution in [-0.4, -0.2) is 41.5 Å². The highest BCUT2D eigenvalue weighted by Crippen LogP contribution is 2.33.